The van der Waals surface area contributed by atoms with Gasteiger partial charge in [0.2, 0.25) is 10.0 Å². The zero-order valence-corrected chi connectivity index (χ0v) is 18.7. The van der Waals surface area contributed by atoms with Crippen LogP contribution in [0.15, 0.2) is 71.6 Å². The number of sulfonamides is 1. The van der Waals surface area contributed by atoms with Crippen molar-refractivity contribution in [3.05, 3.63) is 82.9 Å². The van der Waals surface area contributed by atoms with Gasteiger partial charge in [0, 0.05) is 36.9 Å². The maximum atomic E-state index is 13.2. The maximum absolute atomic E-state index is 13.2. The number of rotatable bonds is 3. The highest BCUT2D eigenvalue weighted by molar-refractivity contribution is 7.89. The summed E-state index contributed by atoms with van der Waals surface area (Å²) < 4.78 is 28.1. The van der Waals surface area contributed by atoms with Gasteiger partial charge in [-0.05, 0) is 59.0 Å². The lowest BCUT2D eigenvalue weighted by Crippen LogP contribution is -2.48. The third-order valence-corrected chi connectivity index (χ3v) is 7.94. The first-order valence-electron chi connectivity index (χ1n) is 9.74. The van der Waals surface area contributed by atoms with Crippen LogP contribution in [0.2, 0.25) is 5.02 Å². The standard InChI is InChI=1S/C23H21ClN2O2S.ClH/c24-19-5-3-6-20(16-19)25-10-12-26(13-11-25)29(27,28)21-8-9-23-18(15-21)14-17-4-1-2-7-22(17)23;/h1-9,15-16H,10-14H2;1H. The van der Waals surface area contributed by atoms with Crippen molar-refractivity contribution in [3.8, 4) is 11.1 Å². The normalized spacial score (nSPS) is 16.0. The molecule has 1 saturated heterocycles. The second-order valence-corrected chi connectivity index (χ2v) is 9.90. The lowest BCUT2D eigenvalue weighted by molar-refractivity contribution is 0.385. The van der Waals surface area contributed by atoms with Gasteiger partial charge in [-0.3, -0.25) is 0 Å². The Hall–Kier alpha value is -2.05. The summed E-state index contributed by atoms with van der Waals surface area (Å²) in [6, 6.07) is 21.5. The quantitative estimate of drug-likeness (QED) is 0.438. The summed E-state index contributed by atoms with van der Waals surface area (Å²) in [5.74, 6) is 0. The van der Waals surface area contributed by atoms with Gasteiger partial charge >= 0.3 is 0 Å². The van der Waals surface area contributed by atoms with Crippen molar-refractivity contribution in [2.75, 3.05) is 31.1 Å². The van der Waals surface area contributed by atoms with E-state index < -0.39 is 10.0 Å². The number of nitrogens with zero attached hydrogens (tertiary/aromatic N) is 2. The van der Waals surface area contributed by atoms with Crippen molar-refractivity contribution in [2.45, 2.75) is 11.3 Å². The molecule has 0 bridgehead atoms. The van der Waals surface area contributed by atoms with E-state index in [2.05, 4.69) is 17.0 Å². The highest BCUT2D eigenvalue weighted by atomic mass is 35.5. The number of halogens is 2. The monoisotopic (exact) mass is 460 g/mol. The van der Waals surface area contributed by atoms with Crippen LogP contribution in [0.1, 0.15) is 11.1 Å². The summed E-state index contributed by atoms with van der Waals surface area (Å²) in [5, 5.41) is 0.691. The Kier molecular flexibility index (Phi) is 5.82. The molecule has 1 heterocycles. The third kappa shape index (κ3) is 3.71. The van der Waals surface area contributed by atoms with Crippen LogP contribution in [0.5, 0.6) is 0 Å². The van der Waals surface area contributed by atoms with E-state index in [4.69, 9.17) is 11.6 Å². The van der Waals surface area contributed by atoms with Crippen molar-refractivity contribution in [1.29, 1.82) is 0 Å². The van der Waals surface area contributed by atoms with Gasteiger partial charge in [0.15, 0.2) is 0 Å². The van der Waals surface area contributed by atoms with E-state index >= 15 is 0 Å². The van der Waals surface area contributed by atoms with Crippen molar-refractivity contribution in [2.24, 2.45) is 0 Å². The molecular weight excluding hydrogens is 439 g/mol. The molecule has 156 valence electrons. The molecule has 0 unspecified atom stereocenters. The average Bonchev–Trinajstić information content (AvgIpc) is 3.12. The number of piperazine rings is 1. The predicted octanol–water partition coefficient (Wildman–Crippen LogP) is 4.84. The fraction of sp³-hybridized carbons (Fsp3) is 0.217. The molecule has 3 aromatic rings. The smallest absolute Gasteiger partial charge is 0.243 e. The molecule has 30 heavy (non-hydrogen) atoms. The molecule has 0 atom stereocenters. The minimum Gasteiger partial charge on any atom is -0.369 e. The molecule has 3 aromatic carbocycles. The summed E-state index contributed by atoms with van der Waals surface area (Å²) in [4.78, 5) is 2.57. The van der Waals surface area contributed by atoms with Gasteiger partial charge in [0.1, 0.15) is 0 Å². The summed E-state index contributed by atoms with van der Waals surface area (Å²) in [6.45, 7) is 2.23. The molecule has 0 N–H and O–H groups in total. The molecule has 7 heteroatoms. The molecule has 1 fully saturated rings. The molecule has 0 spiro atoms. The highest BCUT2D eigenvalue weighted by Crippen LogP contribution is 2.37. The van der Waals surface area contributed by atoms with Crippen LogP contribution in [0, 0.1) is 0 Å². The van der Waals surface area contributed by atoms with Gasteiger partial charge in [0.25, 0.3) is 0 Å². The number of hydrogen-bond donors (Lipinski definition) is 0. The van der Waals surface area contributed by atoms with Crippen molar-refractivity contribution >= 4 is 39.7 Å². The molecule has 0 saturated carbocycles. The van der Waals surface area contributed by atoms with Crippen molar-refractivity contribution in [1.82, 2.24) is 4.31 Å². The van der Waals surface area contributed by atoms with E-state index in [0.29, 0.717) is 36.1 Å². The van der Waals surface area contributed by atoms with Gasteiger partial charge in [-0.15, -0.1) is 12.4 Å². The van der Waals surface area contributed by atoms with Gasteiger partial charge in [-0.2, -0.15) is 4.31 Å². The Morgan fingerprint density at radius 3 is 2.27 bits per heavy atom. The summed E-state index contributed by atoms with van der Waals surface area (Å²) in [7, 11) is -3.50. The zero-order valence-electron chi connectivity index (χ0n) is 16.3. The molecule has 4 nitrogen and oxygen atoms in total. The molecule has 1 aliphatic heterocycles. The van der Waals surface area contributed by atoms with Crippen molar-refractivity contribution in [3.63, 3.8) is 0 Å². The van der Waals surface area contributed by atoms with Crippen LogP contribution in [-0.2, 0) is 16.4 Å². The van der Waals surface area contributed by atoms with Crippen LogP contribution < -0.4 is 4.90 Å². The van der Waals surface area contributed by atoms with E-state index in [1.807, 2.05) is 48.5 Å². The number of benzene rings is 3. The first-order chi connectivity index (χ1) is 14.0. The number of fused-ring (bicyclic) bond motifs is 3. The Morgan fingerprint density at radius 2 is 1.50 bits per heavy atom. The Labute approximate surface area is 188 Å². The van der Waals surface area contributed by atoms with Gasteiger partial charge in [-0.25, -0.2) is 8.42 Å². The molecule has 2 aliphatic rings. The predicted molar refractivity (Wildman–Crippen MR) is 124 cm³/mol. The van der Waals surface area contributed by atoms with E-state index in [-0.39, 0.29) is 12.4 Å². The largest absolute Gasteiger partial charge is 0.369 e. The van der Waals surface area contributed by atoms with E-state index in [0.717, 1.165) is 23.2 Å². The number of anilines is 1. The summed E-state index contributed by atoms with van der Waals surface area (Å²) >= 11 is 6.09. The topological polar surface area (TPSA) is 40.6 Å². The Balaban J connectivity index is 0.00000218. The maximum Gasteiger partial charge on any atom is 0.243 e. The van der Waals surface area contributed by atoms with E-state index in [1.165, 1.54) is 11.1 Å². The second kappa shape index (κ2) is 8.23. The van der Waals surface area contributed by atoms with Gasteiger partial charge in [-0.1, -0.05) is 48.0 Å². The molecule has 0 radical (unpaired) electrons. The Morgan fingerprint density at radius 1 is 0.767 bits per heavy atom. The van der Waals surface area contributed by atoms with E-state index in [9.17, 15) is 8.42 Å². The Bertz CT molecular complexity index is 1190. The first kappa shape index (κ1) is 21.2. The van der Waals surface area contributed by atoms with Crippen LogP contribution >= 0.6 is 24.0 Å². The SMILES string of the molecule is Cl.O=S(=O)(c1ccc2c(c1)Cc1ccccc1-2)N1CCN(c2cccc(Cl)c2)CC1. The van der Waals surface area contributed by atoms with Crippen molar-refractivity contribution < 1.29 is 8.42 Å². The molecule has 0 aromatic heterocycles. The highest BCUT2D eigenvalue weighted by Gasteiger charge is 2.30. The summed E-state index contributed by atoms with van der Waals surface area (Å²) in [6.07, 6.45) is 0.789. The first-order valence-corrected chi connectivity index (χ1v) is 11.6. The zero-order chi connectivity index (χ0) is 20.0. The van der Waals surface area contributed by atoms with E-state index in [1.54, 1.807) is 10.4 Å². The lowest BCUT2D eigenvalue weighted by Gasteiger charge is -2.35. The van der Waals surface area contributed by atoms with Crippen LogP contribution in [0.3, 0.4) is 0 Å². The van der Waals surface area contributed by atoms with Gasteiger partial charge < -0.3 is 4.90 Å². The molecule has 1 aliphatic carbocycles. The lowest BCUT2D eigenvalue weighted by atomic mass is 10.1. The molecule has 0 amide bonds. The minimum atomic E-state index is -3.50. The second-order valence-electron chi connectivity index (χ2n) is 7.52. The molecular formula is C23H22Cl2N2O2S. The average molecular weight is 461 g/mol. The van der Waals surface area contributed by atoms with Crippen LogP contribution in [0.4, 0.5) is 5.69 Å². The summed E-state index contributed by atoms with van der Waals surface area (Å²) in [5.41, 5.74) is 5.73. The minimum absolute atomic E-state index is 0. The fourth-order valence-corrected chi connectivity index (χ4v) is 5.95. The third-order valence-electron chi connectivity index (χ3n) is 5.81. The fourth-order valence-electron chi connectivity index (χ4n) is 4.29. The van der Waals surface area contributed by atoms with Gasteiger partial charge in [0.05, 0.1) is 4.90 Å². The molecule has 5 rings (SSSR count). The number of hydrogen-bond acceptors (Lipinski definition) is 3. The van der Waals surface area contributed by atoms with Crippen LogP contribution in [-0.4, -0.2) is 38.9 Å². The van der Waals surface area contributed by atoms with Crippen LogP contribution in [0.25, 0.3) is 11.1 Å².